The molecule has 5 nitrogen and oxygen atoms in total. The molecule has 0 saturated heterocycles. The van der Waals surface area contributed by atoms with Crippen molar-refractivity contribution in [2.45, 2.75) is 55.6 Å². The molecule has 0 bridgehead atoms. The van der Waals surface area contributed by atoms with Crippen LogP contribution in [0, 0.1) is 17.1 Å². The zero-order valence-electron chi connectivity index (χ0n) is 15.0. The average Bonchev–Trinajstić information content (AvgIpc) is 2.66. The van der Waals surface area contributed by atoms with Crippen LogP contribution in [0.4, 0.5) is 4.39 Å². The lowest BCUT2D eigenvalue weighted by molar-refractivity contribution is -0.159. The van der Waals surface area contributed by atoms with Gasteiger partial charge >= 0.3 is 5.97 Å². The van der Waals surface area contributed by atoms with Crippen molar-refractivity contribution in [2.24, 2.45) is 0 Å². The van der Waals surface area contributed by atoms with Gasteiger partial charge in [0, 0.05) is 11.9 Å². The standard InChI is InChI=1S/C19H23FN2O3S/c1-14(18(24)22(2)19(13-21)10-6-3-7-11-19)25-17(23)12-26-16-9-5-4-8-15(16)20/h4-5,8-9,14H,3,6-7,10-12H2,1-2H3/t14-/m0/s1. The number of amides is 1. The Labute approximate surface area is 157 Å². The number of carbonyl (C=O) groups excluding carboxylic acids is 2. The molecule has 1 aromatic carbocycles. The molecule has 0 spiro atoms. The van der Waals surface area contributed by atoms with Gasteiger partial charge in [0.25, 0.3) is 5.91 Å². The van der Waals surface area contributed by atoms with E-state index in [1.807, 2.05) is 0 Å². The molecule has 1 atom stereocenters. The number of carbonyl (C=O) groups is 2. The number of benzene rings is 1. The SMILES string of the molecule is C[C@H](OC(=O)CSc1ccccc1F)C(=O)N(C)C1(C#N)CCCCC1. The number of ether oxygens (including phenoxy) is 1. The molecule has 1 aliphatic carbocycles. The van der Waals surface area contributed by atoms with Crippen molar-refractivity contribution in [1.29, 1.82) is 5.26 Å². The summed E-state index contributed by atoms with van der Waals surface area (Å²) in [5.74, 6) is -1.48. The van der Waals surface area contributed by atoms with Crippen LogP contribution < -0.4 is 0 Å². The second kappa shape index (κ2) is 9.04. The van der Waals surface area contributed by atoms with Crippen LogP contribution in [0.5, 0.6) is 0 Å². The van der Waals surface area contributed by atoms with E-state index in [1.165, 1.54) is 17.9 Å². The van der Waals surface area contributed by atoms with E-state index in [0.717, 1.165) is 31.0 Å². The highest BCUT2D eigenvalue weighted by Crippen LogP contribution is 2.33. The third kappa shape index (κ3) is 4.76. The van der Waals surface area contributed by atoms with Gasteiger partial charge in [-0.1, -0.05) is 31.4 Å². The number of halogens is 1. The monoisotopic (exact) mass is 378 g/mol. The minimum absolute atomic E-state index is 0.0916. The second-order valence-electron chi connectivity index (χ2n) is 6.45. The van der Waals surface area contributed by atoms with Crippen LogP contribution in [0.1, 0.15) is 39.0 Å². The van der Waals surface area contributed by atoms with E-state index in [1.54, 1.807) is 25.2 Å². The number of likely N-dealkylation sites (N-methyl/N-ethyl adjacent to an activating group) is 1. The molecule has 1 amide bonds. The number of hydrogen-bond acceptors (Lipinski definition) is 5. The molecule has 0 aliphatic heterocycles. The van der Waals surface area contributed by atoms with E-state index >= 15 is 0 Å². The molecule has 1 fully saturated rings. The van der Waals surface area contributed by atoms with Crippen LogP contribution in [-0.4, -0.2) is 41.2 Å². The Balaban J connectivity index is 1.90. The number of nitriles is 1. The summed E-state index contributed by atoms with van der Waals surface area (Å²) in [6, 6.07) is 8.43. The fourth-order valence-electron chi connectivity index (χ4n) is 3.12. The predicted molar refractivity (Wildman–Crippen MR) is 96.9 cm³/mol. The molecule has 2 rings (SSSR count). The maximum absolute atomic E-state index is 13.6. The molecule has 1 aromatic rings. The van der Waals surface area contributed by atoms with Crippen LogP contribution >= 0.6 is 11.8 Å². The zero-order valence-corrected chi connectivity index (χ0v) is 15.9. The maximum Gasteiger partial charge on any atom is 0.317 e. The van der Waals surface area contributed by atoms with Gasteiger partial charge in [-0.3, -0.25) is 9.59 Å². The first-order valence-electron chi connectivity index (χ1n) is 8.65. The summed E-state index contributed by atoms with van der Waals surface area (Å²) in [5.41, 5.74) is -0.822. The van der Waals surface area contributed by atoms with Crippen LogP contribution in [0.3, 0.4) is 0 Å². The molecular weight excluding hydrogens is 355 g/mol. The topological polar surface area (TPSA) is 70.4 Å². The van der Waals surface area contributed by atoms with Crippen LogP contribution in [-0.2, 0) is 14.3 Å². The molecule has 0 unspecified atom stereocenters. The fraction of sp³-hybridized carbons (Fsp3) is 0.526. The Bertz CT molecular complexity index is 698. The summed E-state index contributed by atoms with van der Waals surface area (Å²) < 4.78 is 18.8. The van der Waals surface area contributed by atoms with Gasteiger partial charge in [-0.15, -0.1) is 11.8 Å². The molecule has 140 valence electrons. The molecule has 1 aliphatic rings. The molecule has 0 heterocycles. The molecule has 0 aromatic heterocycles. The Hall–Kier alpha value is -2.07. The van der Waals surface area contributed by atoms with Gasteiger partial charge in [0.05, 0.1) is 11.8 Å². The highest BCUT2D eigenvalue weighted by Gasteiger charge is 2.40. The molecular formula is C19H23FN2O3S. The van der Waals surface area contributed by atoms with E-state index in [9.17, 15) is 19.2 Å². The summed E-state index contributed by atoms with van der Waals surface area (Å²) in [7, 11) is 1.59. The summed E-state index contributed by atoms with van der Waals surface area (Å²) in [5, 5.41) is 9.57. The highest BCUT2D eigenvalue weighted by atomic mass is 32.2. The van der Waals surface area contributed by atoms with Gasteiger partial charge < -0.3 is 9.64 Å². The van der Waals surface area contributed by atoms with Gasteiger partial charge in [0.2, 0.25) is 0 Å². The van der Waals surface area contributed by atoms with Gasteiger partial charge in [-0.05, 0) is 31.9 Å². The molecule has 7 heteroatoms. The van der Waals surface area contributed by atoms with Crippen molar-refractivity contribution in [3.8, 4) is 6.07 Å². The van der Waals surface area contributed by atoms with E-state index in [-0.39, 0.29) is 5.75 Å². The van der Waals surface area contributed by atoms with Gasteiger partial charge in [0.1, 0.15) is 11.4 Å². The predicted octanol–water partition coefficient (Wildman–Crippen LogP) is 3.53. The third-order valence-corrected chi connectivity index (χ3v) is 5.72. The van der Waals surface area contributed by atoms with Gasteiger partial charge in [0.15, 0.2) is 6.10 Å². The Morgan fingerprint density at radius 3 is 2.62 bits per heavy atom. The second-order valence-corrected chi connectivity index (χ2v) is 7.47. The summed E-state index contributed by atoms with van der Waals surface area (Å²) >= 11 is 1.02. The number of hydrogen-bond donors (Lipinski definition) is 0. The average molecular weight is 378 g/mol. The Morgan fingerprint density at radius 1 is 1.35 bits per heavy atom. The highest BCUT2D eigenvalue weighted by molar-refractivity contribution is 8.00. The zero-order chi connectivity index (χ0) is 19.2. The quantitative estimate of drug-likeness (QED) is 0.559. The summed E-state index contributed by atoms with van der Waals surface area (Å²) in [4.78, 5) is 26.4. The largest absolute Gasteiger partial charge is 0.452 e. The van der Waals surface area contributed by atoms with Crippen molar-refractivity contribution >= 4 is 23.6 Å². The van der Waals surface area contributed by atoms with Crippen molar-refractivity contribution in [3.63, 3.8) is 0 Å². The maximum atomic E-state index is 13.6. The fourth-order valence-corrected chi connectivity index (χ4v) is 3.84. The Kier molecular flexibility index (Phi) is 7.04. The van der Waals surface area contributed by atoms with Crippen LogP contribution in [0.25, 0.3) is 0 Å². The minimum Gasteiger partial charge on any atom is -0.452 e. The lowest BCUT2D eigenvalue weighted by atomic mass is 9.81. The summed E-state index contributed by atoms with van der Waals surface area (Å²) in [6.45, 7) is 1.50. The smallest absolute Gasteiger partial charge is 0.317 e. The van der Waals surface area contributed by atoms with Gasteiger partial charge in [-0.2, -0.15) is 5.26 Å². The summed E-state index contributed by atoms with van der Waals surface area (Å²) in [6.07, 6.45) is 3.15. The molecule has 26 heavy (non-hydrogen) atoms. The minimum atomic E-state index is -0.985. The first-order valence-corrected chi connectivity index (χ1v) is 9.64. The third-order valence-electron chi connectivity index (χ3n) is 4.70. The van der Waals surface area contributed by atoms with Gasteiger partial charge in [-0.25, -0.2) is 4.39 Å². The van der Waals surface area contributed by atoms with E-state index in [0.29, 0.717) is 17.7 Å². The lowest BCUT2D eigenvalue weighted by Gasteiger charge is -2.39. The number of thioether (sulfide) groups is 1. The first-order chi connectivity index (χ1) is 12.4. The van der Waals surface area contributed by atoms with E-state index in [4.69, 9.17) is 4.74 Å². The molecule has 0 N–H and O–H groups in total. The Morgan fingerprint density at radius 2 is 2.00 bits per heavy atom. The van der Waals surface area contributed by atoms with Crippen molar-refractivity contribution < 1.29 is 18.7 Å². The molecule has 0 radical (unpaired) electrons. The van der Waals surface area contributed by atoms with E-state index < -0.39 is 29.3 Å². The van der Waals surface area contributed by atoms with Crippen LogP contribution in [0.2, 0.25) is 0 Å². The van der Waals surface area contributed by atoms with Crippen molar-refractivity contribution in [2.75, 3.05) is 12.8 Å². The molecule has 1 saturated carbocycles. The van der Waals surface area contributed by atoms with Crippen molar-refractivity contribution in [3.05, 3.63) is 30.1 Å². The van der Waals surface area contributed by atoms with Crippen LogP contribution in [0.15, 0.2) is 29.2 Å². The number of esters is 1. The lowest BCUT2D eigenvalue weighted by Crippen LogP contribution is -2.53. The normalized spacial score (nSPS) is 17.0. The van der Waals surface area contributed by atoms with Crippen molar-refractivity contribution in [1.82, 2.24) is 4.90 Å². The number of rotatable bonds is 6. The first kappa shape index (κ1) is 20.2. The number of nitrogens with zero attached hydrogens (tertiary/aromatic N) is 2. The van der Waals surface area contributed by atoms with E-state index in [2.05, 4.69) is 6.07 Å².